The summed E-state index contributed by atoms with van der Waals surface area (Å²) in [6.07, 6.45) is 0. The first-order valence-corrected chi connectivity index (χ1v) is 6.34. The highest BCUT2D eigenvalue weighted by Crippen LogP contribution is 2.19. The van der Waals surface area contributed by atoms with Crippen molar-refractivity contribution in [3.05, 3.63) is 46.2 Å². The molecule has 0 saturated heterocycles. The van der Waals surface area contributed by atoms with Gasteiger partial charge in [0.2, 0.25) is 5.89 Å². The lowest BCUT2D eigenvalue weighted by Gasteiger charge is -2.08. The number of aromatic nitrogens is 3. The minimum Gasteiger partial charge on any atom is -0.468 e. The normalized spacial score (nSPS) is 11.0. The van der Waals surface area contributed by atoms with Gasteiger partial charge in [-0.05, 0) is 25.1 Å². The second-order valence-electron chi connectivity index (χ2n) is 4.64. The van der Waals surface area contributed by atoms with Crippen LogP contribution in [-0.2, 0) is 6.54 Å². The summed E-state index contributed by atoms with van der Waals surface area (Å²) in [4.78, 5) is 20.5. The first kappa shape index (κ1) is 13.2. The number of methoxy groups -OCH3 is 1. The number of nitrogens with two attached hydrogens (primary N) is 1. The van der Waals surface area contributed by atoms with Crippen LogP contribution in [0.15, 0.2) is 33.5 Å². The number of anilines is 1. The first-order valence-electron chi connectivity index (χ1n) is 6.34. The Balaban J connectivity index is 2.04. The number of benzene rings is 1. The summed E-state index contributed by atoms with van der Waals surface area (Å²) >= 11 is 0. The molecule has 7 heteroatoms. The average Bonchev–Trinajstić information content (AvgIpc) is 2.83. The summed E-state index contributed by atoms with van der Waals surface area (Å²) in [5.41, 5.74) is 7.95. The fourth-order valence-corrected chi connectivity index (χ4v) is 2.09. The molecule has 2 heterocycles. The molecule has 0 aliphatic carbocycles. The zero-order valence-corrected chi connectivity index (χ0v) is 11.7. The quantitative estimate of drug-likeness (QED) is 0.730. The molecule has 21 heavy (non-hydrogen) atoms. The van der Waals surface area contributed by atoms with Crippen molar-refractivity contribution in [2.75, 3.05) is 12.8 Å². The van der Waals surface area contributed by atoms with Gasteiger partial charge in [-0.25, -0.2) is 9.97 Å². The predicted octanol–water partition coefficient (Wildman–Crippen LogP) is 1.33. The zero-order chi connectivity index (χ0) is 15.0. The Labute approximate surface area is 120 Å². The van der Waals surface area contributed by atoms with Crippen molar-refractivity contribution in [2.45, 2.75) is 13.5 Å². The SMILES string of the molecule is COc1nc(C)cc(=O)n1Cc1nc2cc(N)ccc2o1. The van der Waals surface area contributed by atoms with Crippen LogP contribution in [0.25, 0.3) is 11.1 Å². The molecule has 1 aromatic carbocycles. The summed E-state index contributed by atoms with van der Waals surface area (Å²) in [6.45, 7) is 1.88. The number of hydrogen-bond donors (Lipinski definition) is 1. The van der Waals surface area contributed by atoms with Gasteiger partial charge in [0.15, 0.2) is 5.58 Å². The lowest BCUT2D eigenvalue weighted by atomic mass is 10.3. The smallest absolute Gasteiger partial charge is 0.299 e. The van der Waals surface area contributed by atoms with Gasteiger partial charge in [-0.3, -0.25) is 9.36 Å². The number of oxazole rings is 1. The van der Waals surface area contributed by atoms with E-state index in [2.05, 4.69) is 9.97 Å². The molecule has 2 aromatic heterocycles. The van der Waals surface area contributed by atoms with Crippen LogP contribution in [0.4, 0.5) is 5.69 Å². The maximum atomic E-state index is 12.0. The van der Waals surface area contributed by atoms with E-state index in [0.717, 1.165) is 0 Å². The van der Waals surface area contributed by atoms with Crippen LogP contribution in [0.5, 0.6) is 6.01 Å². The molecule has 3 rings (SSSR count). The predicted molar refractivity (Wildman–Crippen MR) is 77.3 cm³/mol. The summed E-state index contributed by atoms with van der Waals surface area (Å²) in [5.74, 6) is 0.390. The molecule has 0 radical (unpaired) electrons. The summed E-state index contributed by atoms with van der Waals surface area (Å²) in [5, 5.41) is 0. The monoisotopic (exact) mass is 286 g/mol. The molecule has 0 unspecified atom stereocenters. The topological polar surface area (TPSA) is 96.2 Å². The molecule has 2 N–H and O–H groups in total. The number of hydrogen-bond acceptors (Lipinski definition) is 6. The fraction of sp³-hybridized carbons (Fsp3) is 0.214. The van der Waals surface area contributed by atoms with Crippen LogP contribution < -0.4 is 16.0 Å². The lowest BCUT2D eigenvalue weighted by Crippen LogP contribution is -2.23. The van der Waals surface area contributed by atoms with Crippen molar-refractivity contribution < 1.29 is 9.15 Å². The number of fused-ring (bicyclic) bond motifs is 1. The van der Waals surface area contributed by atoms with Gasteiger partial charge in [-0.1, -0.05) is 0 Å². The van der Waals surface area contributed by atoms with E-state index in [4.69, 9.17) is 14.9 Å². The third-order valence-corrected chi connectivity index (χ3v) is 3.03. The summed E-state index contributed by atoms with van der Waals surface area (Å²) in [7, 11) is 1.46. The highest BCUT2D eigenvalue weighted by Gasteiger charge is 2.12. The van der Waals surface area contributed by atoms with E-state index in [9.17, 15) is 4.79 Å². The Bertz CT molecular complexity index is 866. The molecular weight excluding hydrogens is 272 g/mol. The van der Waals surface area contributed by atoms with Crippen molar-refractivity contribution in [2.24, 2.45) is 0 Å². The molecule has 0 aliphatic heterocycles. The van der Waals surface area contributed by atoms with Gasteiger partial charge in [0, 0.05) is 17.4 Å². The average molecular weight is 286 g/mol. The van der Waals surface area contributed by atoms with Gasteiger partial charge < -0.3 is 14.9 Å². The van der Waals surface area contributed by atoms with E-state index in [0.29, 0.717) is 28.4 Å². The van der Waals surface area contributed by atoms with Gasteiger partial charge in [-0.2, -0.15) is 0 Å². The van der Waals surface area contributed by atoms with E-state index in [1.54, 1.807) is 25.1 Å². The minimum absolute atomic E-state index is 0.143. The van der Waals surface area contributed by atoms with E-state index in [1.807, 2.05) is 0 Å². The van der Waals surface area contributed by atoms with E-state index in [1.165, 1.54) is 17.7 Å². The molecule has 0 aliphatic rings. The maximum Gasteiger partial charge on any atom is 0.299 e. The highest BCUT2D eigenvalue weighted by atomic mass is 16.5. The number of rotatable bonds is 3. The molecular formula is C14H14N4O3. The van der Waals surface area contributed by atoms with Crippen LogP contribution in [0.3, 0.4) is 0 Å². The zero-order valence-electron chi connectivity index (χ0n) is 11.7. The Morgan fingerprint density at radius 3 is 2.90 bits per heavy atom. The van der Waals surface area contributed by atoms with Crippen molar-refractivity contribution >= 4 is 16.8 Å². The summed E-state index contributed by atoms with van der Waals surface area (Å²) in [6, 6.07) is 6.85. The van der Waals surface area contributed by atoms with Crippen molar-refractivity contribution in [1.29, 1.82) is 0 Å². The Kier molecular flexibility index (Phi) is 3.09. The molecule has 0 bridgehead atoms. The van der Waals surface area contributed by atoms with E-state index < -0.39 is 0 Å². The second-order valence-corrected chi connectivity index (χ2v) is 4.64. The standard InChI is InChI=1S/C14H14N4O3/c1-8-5-13(19)18(14(16-8)20-2)7-12-17-10-6-9(15)3-4-11(10)21-12/h3-6H,7,15H2,1-2H3. The van der Waals surface area contributed by atoms with Crippen LogP contribution in [-0.4, -0.2) is 21.6 Å². The van der Waals surface area contributed by atoms with Crippen LogP contribution >= 0.6 is 0 Å². The van der Waals surface area contributed by atoms with Gasteiger partial charge in [-0.15, -0.1) is 0 Å². The molecule has 108 valence electrons. The molecule has 0 fully saturated rings. The lowest BCUT2D eigenvalue weighted by molar-refractivity contribution is 0.342. The Hall–Kier alpha value is -2.83. The number of nitrogen functional groups attached to an aromatic ring is 1. The van der Waals surface area contributed by atoms with E-state index in [-0.39, 0.29) is 18.1 Å². The Morgan fingerprint density at radius 1 is 1.33 bits per heavy atom. The molecule has 0 spiro atoms. The van der Waals surface area contributed by atoms with Gasteiger partial charge in [0.1, 0.15) is 12.1 Å². The molecule has 0 saturated carbocycles. The van der Waals surface area contributed by atoms with Crippen molar-refractivity contribution in [3.63, 3.8) is 0 Å². The second kappa shape index (κ2) is 4.93. The summed E-state index contributed by atoms with van der Waals surface area (Å²) < 4.78 is 12.1. The van der Waals surface area contributed by atoms with Crippen LogP contribution in [0, 0.1) is 6.92 Å². The molecule has 0 atom stereocenters. The van der Waals surface area contributed by atoms with Crippen LogP contribution in [0.1, 0.15) is 11.6 Å². The molecule has 7 nitrogen and oxygen atoms in total. The van der Waals surface area contributed by atoms with E-state index >= 15 is 0 Å². The number of aryl methyl sites for hydroxylation is 1. The van der Waals surface area contributed by atoms with Gasteiger partial charge >= 0.3 is 0 Å². The van der Waals surface area contributed by atoms with Gasteiger partial charge in [0.05, 0.1) is 7.11 Å². The highest BCUT2D eigenvalue weighted by molar-refractivity contribution is 5.76. The minimum atomic E-state index is -0.221. The third-order valence-electron chi connectivity index (χ3n) is 3.03. The Morgan fingerprint density at radius 2 is 2.14 bits per heavy atom. The number of nitrogens with zero attached hydrogens (tertiary/aromatic N) is 3. The van der Waals surface area contributed by atoms with Crippen LogP contribution in [0.2, 0.25) is 0 Å². The first-order chi connectivity index (χ1) is 10.1. The fourth-order valence-electron chi connectivity index (χ4n) is 2.09. The number of ether oxygens (including phenoxy) is 1. The van der Waals surface area contributed by atoms with Gasteiger partial charge in [0.25, 0.3) is 11.6 Å². The molecule has 3 aromatic rings. The third kappa shape index (κ3) is 2.45. The van der Waals surface area contributed by atoms with Crippen molar-refractivity contribution in [1.82, 2.24) is 14.5 Å². The maximum absolute atomic E-state index is 12.0. The molecule has 0 amide bonds. The van der Waals surface area contributed by atoms with Crippen molar-refractivity contribution in [3.8, 4) is 6.01 Å². The largest absolute Gasteiger partial charge is 0.468 e.